The molecule has 1 unspecified atom stereocenters. The first-order valence-corrected chi connectivity index (χ1v) is 7.23. The minimum absolute atomic E-state index is 0.0305. The second-order valence-electron chi connectivity index (χ2n) is 5.04. The van der Waals surface area contributed by atoms with E-state index in [9.17, 15) is 0 Å². The summed E-state index contributed by atoms with van der Waals surface area (Å²) >= 11 is 6.01. The molecular formula is C17H20ClNO. The Balaban J connectivity index is 2.14. The number of halogens is 1. The average molecular weight is 290 g/mol. The zero-order chi connectivity index (χ0) is 14.4. The van der Waals surface area contributed by atoms with E-state index in [4.69, 9.17) is 16.3 Å². The third kappa shape index (κ3) is 4.55. The van der Waals surface area contributed by atoms with Crippen molar-refractivity contribution in [3.8, 4) is 5.75 Å². The lowest BCUT2D eigenvalue weighted by atomic mass is 10.1. The van der Waals surface area contributed by atoms with E-state index in [2.05, 4.69) is 31.3 Å². The van der Waals surface area contributed by atoms with Gasteiger partial charge in [-0.25, -0.2) is 0 Å². The van der Waals surface area contributed by atoms with E-state index in [0.29, 0.717) is 11.1 Å². The Labute approximate surface area is 125 Å². The van der Waals surface area contributed by atoms with Crippen LogP contribution in [0.15, 0.2) is 54.6 Å². The average Bonchev–Trinajstić information content (AvgIpc) is 2.44. The Bertz CT molecular complexity index is 528. The van der Waals surface area contributed by atoms with Gasteiger partial charge < -0.3 is 10.1 Å². The lowest BCUT2D eigenvalue weighted by Gasteiger charge is -2.21. The van der Waals surface area contributed by atoms with Crippen LogP contribution in [0.3, 0.4) is 0 Å². The Morgan fingerprint density at radius 2 is 1.80 bits per heavy atom. The van der Waals surface area contributed by atoms with Crippen LogP contribution in [0.1, 0.15) is 25.5 Å². The van der Waals surface area contributed by atoms with E-state index in [-0.39, 0.29) is 6.10 Å². The van der Waals surface area contributed by atoms with Gasteiger partial charge in [-0.05, 0) is 23.8 Å². The number of rotatable bonds is 6. The van der Waals surface area contributed by atoms with Crippen molar-refractivity contribution in [2.45, 2.75) is 26.0 Å². The van der Waals surface area contributed by atoms with Crippen LogP contribution < -0.4 is 10.1 Å². The number of hydrogen-bond donors (Lipinski definition) is 1. The van der Waals surface area contributed by atoms with Crippen molar-refractivity contribution >= 4 is 11.6 Å². The normalized spacial score (nSPS) is 12.4. The number of benzene rings is 2. The summed E-state index contributed by atoms with van der Waals surface area (Å²) in [6.07, 6.45) is -0.0305. The van der Waals surface area contributed by atoms with E-state index in [1.54, 1.807) is 0 Å². The number of nitrogens with one attached hydrogen (secondary N) is 1. The fourth-order valence-corrected chi connectivity index (χ4v) is 2.12. The molecule has 0 fully saturated rings. The molecule has 2 aromatic carbocycles. The fourth-order valence-electron chi connectivity index (χ4n) is 1.94. The summed E-state index contributed by atoms with van der Waals surface area (Å²) in [6.45, 7) is 5.01. The minimum Gasteiger partial charge on any atom is -0.484 e. The standard InChI is InChI=1S/C17H20ClNO/c1-13(2)19-12-17(14-7-4-3-5-8-14)20-16-10-6-9-15(18)11-16/h3-11,13,17,19H,12H2,1-2H3. The highest BCUT2D eigenvalue weighted by molar-refractivity contribution is 6.30. The lowest BCUT2D eigenvalue weighted by Crippen LogP contribution is -2.30. The molecule has 0 amide bonds. The number of hydrogen-bond acceptors (Lipinski definition) is 2. The quantitative estimate of drug-likeness (QED) is 0.848. The van der Waals surface area contributed by atoms with Gasteiger partial charge in [0.25, 0.3) is 0 Å². The Hall–Kier alpha value is -1.51. The monoisotopic (exact) mass is 289 g/mol. The second-order valence-corrected chi connectivity index (χ2v) is 5.47. The second kappa shape index (κ2) is 7.32. The highest BCUT2D eigenvalue weighted by atomic mass is 35.5. The maximum atomic E-state index is 6.08. The summed E-state index contributed by atoms with van der Waals surface area (Å²) in [5.41, 5.74) is 1.15. The van der Waals surface area contributed by atoms with Gasteiger partial charge in [-0.2, -0.15) is 0 Å². The molecule has 0 saturated carbocycles. The molecule has 1 N–H and O–H groups in total. The van der Waals surface area contributed by atoms with E-state index in [1.165, 1.54) is 0 Å². The highest BCUT2D eigenvalue weighted by Crippen LogP contribution is 2.24. The molecule has 0 saturated heterocycles. The molecule has 106 valence electrons. The van der Waals surface area contributed by atoms with Crippen molar-refractivity contribution in [3.05, 3.63) is 65.2 Å². The van der Waals surface area contributed by atoms with Crippen molar-refractivity contribution in [2.24, 2.45) is 0 Å². The predicted molar refractivity (Wildman–Crippen MR) is 84.4 cm³/mol. The van der Waals surface area contributed by atoms with Crippen molar-refractivity contribution in [2.75, 3.05) is 6.54 Å². The van der Waals surface area contributed by atoms with Gasteiger partial charge in [-0.1, -0.05) is 61.8 Å². The van der Waals surface area contributed by atoms with Crippen LogP contribution in [-0.4, -0.2) is 12.6 Å². The summed E-state index contributed by atoms with van der Waals surface area (Å²) in [5.74, 6) is 0.789. The molecule has 2 nitrogen and oxygen atoms in total. The van der Waals surface area contributed by atoms with Crippen LogP contribution in [0.2, 0.25) is 5.02 Å². The molecule has 3 heteroatoms. The Kier molecular flexibility index (Phi) is 5.45. The molecule has 0 aliphatic carbocycles. The van der Waals surface area contributed by atoms with Crippen LogP contribution in [0.5, 0.6) is 5.75 Å². The number of ether oxygens (including phenoxy) is 1. The molecule has 0 heterocycles. The maximum Gasteiger partial charge on any atom is 0.136 e. The van der Waals surface area contributed by atoms with Gasteiger partial charge in [0.05, 0.1) is 0 Å². The summed E-state index contributed by atoms with van der Waals surface area (Å²) in [6, 6.07) is 18.2. The van der Waals surface area contributed by atoms with Crippen molar-refractivity contribution < 1.29 is 4.74 Å². The molecule has 0 aliphatic rings. The first-order valence-electron chi connectivity index (χ1n) is 6.85. The topological polar surface area (TPSA) is 21.3 Å². The molecule has 2 rings (SSSR count). The molecule has 0 spiro atoms. The Morgan fingerprint density at radius 1 is 1.05 bits per heavy atom. The smallest absolute Gasteiger partial charge is 0.136 e. The molecule has 1 atom stereocenters. The van der Waals surface area contributed by atoms with Gasteiger partial charge in [-0.15, -0.1) is 0 Å². The molecule has 0 aromatic heterocycles. The van der Waals surface area contributed by atoms with Crippen LogP contribution in [0.4, 0.5) is 0 Å². The van der Waals surface area contributed by atoms with Crippen molar-refractivity contribution in [1.82, 2.24) is 5.32 Å². The zero-order valence-corrected chi connectivity index (χ0v) is 12.6. The van der Waals surface area contributed by atoms with E-state index in [0.717, 1.165) is 17.9 Å². The van der Waals surface area contributed by atoms with Gasteiger partial charge in [-0.3, -0.25) is 0 Å². The van der Waals surface area contributed by atoms with Gasteiger partial charge in [0.15, 0.2) is 0 Å². The maximum absolute atomic E-state index is 6.08. The van der Waals surface area contributed by atoms with E-state index < -0.39 is 0 Å². The summed E-state index contributed by atoms with van der Waals surface area (Å²) in [5, 5.41) is 4.11. The SMILES string of the molecule is CC(C)NCC(Oc1cccc(Cl)c1)c1ccccc1. The van der Waals surface area contributed by atoms with Gasteiger partial charge in [0.1, 0.15) is 11.9 Å². The third-order valence-corrected chi connectivity index (χ3v) is 3.19. The van der Waals surface area contributed by atoms with E-state index >= 15 is 0 Å². The first-order chi connectivity index (χ1) is 9.65. The van der Waals surface area contributed by atoms with Crippen molar-refractivity contribution in [1.29, 1.82) is 0 Å². The molecule has 0 bridgehead atoms. The largest absolute Gasteiger partial charge is 0.484 e. The summed E-state index contributed by atoms with van der Waals surface area (Å²) in [4.78, 5) is 0. The summed E-state index contributed by atoms with van der Waals surface area (Å²) < 4.78 is 6.08. The van der Waals surface area contributed by atoms with Crippen LogP contribution in [0, 0.1) is 0 Å². The highest BCUT2D eigenvalue weighted by Gasteiger charge is 2.13. The molecule has 0 radical (unpaired) electrons. The van der Waals surface area contributed by atoms with Gasteiger partial charge in [0.2, 0.25) is 0 Å². The molecule has 2 aromatic rings. The predicted octanol–water partition coefficient (Wildman–Crippen LogP) is 4.46. The molecule has 0 aliphatic heterocycles. The van der Waals surface area contributed by atoms with Crippen LogP contribution >= 0.6 is 11.6 Å². The Morgan fingerprint density at radius 3 is 2.45 bits per heavy atom. The summed E-state index contributed by atoms with van der Waals surface area (Å²) in [7, 11) is 0. The fraction of sp³-hybridized carbons (Fsp3) is 0.294. The van der Waals surface area contributed by atoms with Crippen molar-refractivity contribution in [3.63, 3.8) is 0 Å². The van der Waals surface area contributed by atoms with Gasteiger partial charge >= 0.3 is 0 Å². The first kappa shape index (κ1) is 14.9. The van der Waals surface area contributed by atoms with Gasteiger partial charge in [0, 0.05) is 17.6 Å². The lowest BCUT2D eigenvalue weighted by molar-refractivity contribution is 0.198. The van der Waals surface area contributed by atoms with Crippen LogP contribution in [-0.2, 0) is 0 Å². The molecular weight excluding hydrogens is 270 g/mol. The zero-order valence-electron chi connectivity index (χ0n) is 11.8. The van der Waals surface area contributed by atoms with E-state index in [1.807, 2.05) is 42.5 Å². The minimum atomic E-state index is -0.0305. The van der Waals surface area contributed by atoms with Crippen LogP contribution in [0.25, 0.3) is 0 Å². The third-order valence-electron chi connectivity index (χ3n) is 2.96. The molecule has 20 heavy (non-hydrogen) atoms.